The van der Waals surface area contributed by atoms with Crippen LogP contribution >= 0.6 is 0 Å². The molecule has 140 valence electrons. The number of nitrogens with one attached hydrogen (secondary N) is 2. The van der Waals surface area contributed by atoms with Crippen LogP contribution in [-0.2, 0) is 16.1 Å². The highest BCUT2D eigenvalue weighted by molar-refractivity contribution is 5.95. The molecule has 4 rings (SSSR count). The van der Waals surface area contributed by atoms with Crippen molar-refractivity contribution in [2.24, 2.45) is 5.92 Å². The van der Waals surface area contributed by atoms with Gasteiger partial charge in [-0.3, -0.25) is 14.5 Å². The minimum absolute atomic E-state index is 0.00212. The van der Waals surface area contributed by atoms with E-state index in [1.165, 1.54) is 0 Å². The highest BCUT2D eigenvalue weighted by Crippen LogP contribution is 2.37. The molecule has 2 aromatic carbocycles. The molecule has 2 N–H and O–H groups in total. The van der Waals surface area contributed by atoms with Gasteiger partial charge in [-0.15, -0.1) is 0 Å². The second kappa shape index (κ2) is 7.16. The van der Waals surface area contributed by atoms with Gasteiger partial charge in [0.1, 0.15) is 0 Å². The number of rotatable bonds is 4. The van der Waals surface area contributed by atoms with Crippen LogP contribution in [0.4, 0.5) is 5.69 Å². The Kier molecular flexibility index (Phi) is 4.70. The lowest BCUT2D eigenvalue weighted by Crippen LogP contribution is -2.60. The van der Waals surface area contributed by atoms with Crippen molar-refractivity contribution < 1.29 is 9.59 Å². The largest absolute Gasteiger partial charge is 0.351 e. The van der Waals surface area contributed by atoms with Gasteiger partial charge in [-0.2, -0.15) is 0 Å². The molecule has 5 nitrogen and oxygen atoms in total. The third-order valence-corrected chi connectivity index (χ3v) is 5.69. The van der Waals surface area contributed by atoms with Gasteiger partial charge in [0.2, 0.25) is 11.8 Å². The first-order chi connectivity index (χ1) is 13.0. The molecule has 0 saturated carbocycles. The lowest BCUT2D eigenvalue weighted by atomic mass is 9.94. The minimum atomic E-state index is -0.250. The minimum Gasteiger partial charge on any atom is -0.351 e. The van der Waals surface area contributed by atoms with Crippen LogP contribution in [0.2, 0.25) is 0 Å². The number of piperazine rings is 1. The van der Waals surface area contributed by atoms with Gasteiger partial charge in [-0.05, 0) is 43.5 Å². The van der Waals surface area contributed by atoms with Gasteiger partial charge in [0.25, 0.3) is 0 Å². The van der Waals surface area contributed by atoms with Crippen molar-refractivity contribution in [3.05, 3.63) is 65.7 Å². The molecular weight excluding hydrogens is 338 g/mol. The number of aryl methyl sites for hydroxylation is 1. The second-order valence-electron chi connectivity index (χ2n) is 7.66. The Hall–Kier alpha value is -2.66. The molecule has 0 aromatic heterocycles. The van der Waals surface area contributed by atoms with Gasteiger partial charge >= 0.3 is 0 Å². The van der Waals surface area contributed by atoms with Crippen LogP contribution in [-0.4, -0.2) is 34.8 Å². The van der Waals surface area contributed by atoms with Crippen LogP contribution in [0.1, 0.15) is 24.5 Å². The van der Waals surface area contributed by atoms with E-state index in [2.05, 4.69) is 27.7 Å². The molecule has 2 saturated heterocycles. The zero-order valence-corrected chi connectivity index (χ0v) is 15.7. The predicted octanol–water partition coefficient (Wildman–Crippen LogP) is 2.71. The standard InChI is InChI=1S/C22H25N3O2/c1-14-7-6-10-17(11-14)24-21(26)18-12-19-22(27)23-15(2)20(18)25(19)13-16-8-4-3-5-9-16/h3-11,15,18-20H,12-13H2,1-2H3,(H,23,27)(H,24,26)/t15?,18-,19+,20+/m0/s1. The molecular formula is C22H25N3O2. The van der Waals surface area contributed by atoms with Crippen LogP contribution in [0.25, 0.3) is 0 Å². The summed E-state index contributed by atoms with van der Waals surface area (Å²) < 4.78 is 0. The highest BCUT2D eigenvalue weighted by Gasteiger charge is 2.53. The number of carbonyl (C=O) groups is 2. The maximum absolute atomic E-state index is 13.0. The Bertz CT molecular complexity index is 852. The van der Waals surface area contributed by atoms with E-state index in [0.717, 1.165) is 16.8 Å². The number of amides is 2. The molecule has 27 heavy (non-hydrogen) atoms. The number of carbonyl (C=O) groups excluding carboxylic acids is 2. The number of fused-ring (bicyclic) bond motifs is 2. The Balaban J connectivity index is 1.57. The maximum Gasteiger partial charge on any atom is 0.237 e. The third kappa shape index (κ3) is 3.47. The zero-order valence-electron chi connectivity index (χ0n) is 15.7. The SMILES string of the molecule is Cc1cccc(NC(=O)[C@H]2C[C@@H]3C(=O)NC(C)[C@H]2N3Cc2ccccc2)c1. The summed E-state index contributed by atoms with van der Waals surface area (Å²) in [6.07, 6.45) is 0.561. The van der Waals surface area contributed by atoms with E-state index in [1.54, 1.807) is 0 Å². The van der Waals surface area contributed by atoms with E-state index in [9.17, 15) is 9.59 Å². The smallest absolute Gasteiger partial charge is 0.237 e. The van der Waals surface area contributed by atoms with Gasteiger partial charge in [0, 0.05) is 24.3 Å². The summed E-state index contributed by atoms with van der Waals surface area (Å²) in [7, 11) is 0. The van der Waals surface area contributed by atoms with Crippen LogP contribution in [0, 0.1) is 12.8 Å². The molecule has 0 radical (unpaired) electrons. The van der Waals surface area contributed by atoms with Gasteiger partial charge in [0.15, 0.2) is 0 Å². The van der Waals surface area contributed by atoms with Gasteiger partial charge < -0.3 is 10.6 Å². The van der Waals surface area contributed by atoms with Gasteiger partial charge in [-0.1, -0.05) is 42.5 Å². The fourth-order valence-corrected chi connectivity index (χ4v) is 4.48. The number of hydrogen-bond donors (Lipinski definition) is 2. The van der Waals surface area contributed by atoms with E-state index >= 15 is 0 Å². The molecule has 4 atom stereocenters. The van der Waals surface area contributed by atoms with Crippen LogP contribution in [0.15, 0.2) is 54.6 Å². The number of hydrogen-bond acceptors (Lipinski definition) is 3. The van der Waals surface area contributed by atoms with Crippen molar-refractivity contribution >= 4 is 17.5 Å². The first-order valence-electron chi connectivity index (χ1n) is 9.50. The number of anilines is 1. The first kappa shape index (κ1) is 17.7. The van der Waals surface area contributed by atoms with E-state index in [1.807, 2.05) is 56.3 Å². The highest BCUT2D eigenvalue weighted by atomic mass is 16.2. The topological polar surface area (TPSA) is 61.4 Å². The fraction of sp³-hybridized carbons (Fsp3) is 0.364. The molecule has 5 heteroatoms. The lowest BCUT2D eigenvalue weighted by Gasteiger charge is -2.39. The second-order valence-corrected chi connectivity index (χ2v) is 7.66. The van der Waals surface area contributed by atoms with Gasteiger partial charge in [-0.25, -0.2) is 0 Å². The third-order valence-electron chi connectivity index (χ3n) is 5.69. The first-order valence-corrected chi connectivity index (χ1v) is 9.50. The van der Waals surface area contributed by atoms with Gasteiger partial charge in [0.05, 0.1) is 12.0 Å². The Morgan fingerprint density at radius 2 is 1.96 bits per heavy atom. The number of nitrogens with zero attached hydrogens (tertiary/aromatic N) is 1. The normalized spacial score (nSPS) is 27.3. The summed E-state index contributed by atoms with van der Waals surface area (Å²) in [6.45, 7) is 4.68. The van der Waals surface area contributed by atoms with Crippen LogP contribution in [0.3, 0.4) is 0 Å². The number of benzene rings is 2. The molecule has 2 aliphatic rings. The monoisotopic (exact) mass is 363 g/mol. The Morgan fingerprint density at radius 1 is 1.19 bits per heavy atom. The summed E-state index contributed by atoms with van der Waals surface area (Å²) in [5, 5.41) is 6.11. The van der Waals surface area contributed by atoms with Crippen molar-refractivity contribution in [1.82, 2.24) is 10.2 Å². The molecule has 0 spiro atoms. The van der Waals surface area contributed by atoms with Crippen LogP contribution in [0.5, 0.6) is 0 Å². The molecule has 1 unspecified atom stereocenters. The molecule has 2 bridgehead atoms. The summed E-state index contributed by atoms with van der Waals surface area (Å²) in [6, 6.07) is 17.6. The Morgan fingerprint density at radius 3 is 2.70 bits per heavy atom. The quantitative estimate of drug-likeness (QED) is 0.878. The van der Waals surface area contributed by atoms with E-state index < -0.39 is 0 Å². The molecule has 2 aliphatic heterocycles. The molecule has 2 aromatic rings. The summed E-state index contributed by atoms with van der Waals surface area (Å²) in [5.41, 5.74) is 3.08. The van der Waals surface area contributed by atoms with Crippen molar-refractivity contribution in [2.75, 3.05) is 5.32 Å². The summed E-state index contributed by atoms with van der Waals surface area (Å²) >= 11 is 0. The lowest BCUT2D eigenvalue weighted by molar-refractivity contribution is -0.131. The fourth-order valence-electron chi connectivity index (χ4n) is 4.48. The summed E-state index contributed by atoms with van der Waals surface area (Å²) in [4.78, 5) is 27.8. The Labute approximate surface area is 159 Å². The predicted molar refractivity (Wildman–Crippen MR) is 105 cm³/mol. The van der Waals surface area contributed by atoms with Crippen molar-refractivity contribution in [2.45, 2.75) is 44.9 Å². The van der Waals surface area contributed by atoms with Crippen molar-refractivity contribution in [3.63, 3.8) is 0 Å². The van der Waals surface area contributed by atoms with E-state index in [4.69, 9.17) is 0 Å². The van der Waals surface area contributed by atoms with Crippen LogP contribution < -0.4 is 10.6 Å². The zero-order chi connectivity index (χ0) is 19.0. The van der Waals surface area contributed by atoms with E-state index in [-0.39, 0.29) is 35.9 Å². The molecule has 2 amide bonds. The van der Waals surface area contributed by atoms with E-state index in [0.29, 0.717) is 13.0 Å². The molecule has 2 heterocycles. The van der Waals surface area contributed by atoms with Crippen molar-refractivity contribution in [1.29, 1.82) is 0 Å². The average Bonchev–Trinajstić information content (AvgIpc) is 2.95. The summed E-state index contributed by atoms with van der Waals surface area (Å²) in [5.74, 6) is -0.191. The average molecular weight is 363 g/mol. The molecule has 2 fully saturated rings. The van der Waals surface area contributed by atoms with Crippen molar-refractivity contribution in [3.8, 4) is 0 Å². The maximum atomic E-state index is 13.0. The molecule has 0 aliphatic carbocycles.